The summed E-state index contributed by atoms with van der Waals surface area (Å²) in [5.41, 5.74) is 1.78. The summed E-state index contributed by atoms with van der Waals surface area (Å²) in [7, 11) is 0. The van der Waals surface area contributed by atoms with Gasteiger partial charge in [0, 0.05) is 12.6 Å². The molecule has 24 heavy (non-hydrogen) atoms. The summed E-state index contributed by atoms with van der Waals surface area (Å²) >= 11 is 0. The lowest BCUT2D eigenvalue weighted by Gasteiger charge is -2.30. The second-order valence-corrected chi connectivity index (χ2v) is 5.70. The van der Waals surface area contributed by atoms with E-state index in [1.807, 2.05) is 72.8 Å². The summed E-state index contributed by atoms with van der Waals surface area (Å²) < 4.78 is 0. The minimum absolute atomic E-state index is 0.121. The van der Waals surface area contributed by atoms with Gasteiger partial charge in [-0.25, -0.2) is 0 Å². The van der Waals surface area contributed by atoms with Crippen LogP contribution >= 0.6 is 0 Å². The smallest absolute Gasteiger partial charge is 0.221 e. The molecule has 0 saturated heterocycles. The van der Waals surface area contributed by atoms with Crippen molar-refractivity contribution in [3.8, 4) is 0 Å². The zero-order chi connectivity index (χ0) is 17.0. The number of amides is 1. The van der Waals surface area contributed by atoms with Gasteiger partial charge in [0.15, 0.2) is 0 Å². The van der Waals surface area contributed by atoms with Gasteiger partial charge in [0.05, 0.1) is 0 Å². The molecule has 3 rings (SSSR count). The zero-order valence-electron chi connectivity index (χ0n) is 13.4. The van der Waals surface area contributed by atoms with Gasteiger partial charge in [-0.3, -0.25) is 4.79 Å². The van der Waals surface area contributed by atoms with Crippen molar-refractivity contribution in [1.82, 2.24) is 0 Å². The molecule has 3 aromatic carbocycles. The molecule has 3 nitrogen and oxygen atoms in total. The van der Waals surface area contributed by atoms with Crippen molar-refractivity contribution in [2.45, 2.75) is 12.5 Å². The van der Waals surface area contributed by atoms with E-state index in [0.717, 1.165) is 16.7 Å². The first-order chi connectivity index (χ1) is 11.6. The van der Waals surface area contributed by atoms with Crippen LogP contribution in [0.25, 0.3) is 0 Å². The van der Waals surface area contributed by atoms with Gasteiger partial charge < -0.3 is 10.4 Å². The molecule has 120 valence electrons. The Labute approximate surface area is 141 Å². The number of benzene rings is 3. The fraction of sp³-hybridized carbons (Fsp3) is 0.0952. The van der Waals surface area contributed by atoms with E-state index in [1.165, 1.54) is 6.92 Å². The first kappa shape index (κ1) is 16.0. The molecule has 0 heterocycles. The van der Waals surface area contributed by atoms with E-state index in [1.54, 1.807) is 12.1 Å². The molecule has 0 aliphatic heterocycles. The van der Waals surface area contributed by atoms with Crippen LogP contribution in [0.1, 0.15) is 23.6 Å². The molecule has 0 saturated carbocycles. The van der Waals surface area contributed by atoms with Gasteiger partial charge in [0.1, 0.15) is 5.60 Å². The molecular formula is C21H19NO2. The highest BCUT2D eigenvalue weighted by molar-refractivity contribution is 5.88. The number of carbonyl (C=O) groups is 1. The largest absolute Gasteiger partial charge is 0.376 e. The van der Waals surface area contributed by atoms with Gasteiger partial charge in [-0.1, -0.05) is 72.8 Å². The van der Waals surface area contributed by atoms with Crippen molar-refractivity contribution in [2.24, 2.45) is 0 Å². The highest BCUT2D eigenvalue weighted by Crippen LogP contribution is 2.36. The van der Waals surface area contributed by atoms with Crippen LogP contribution in [0.15, 0.2) is 84.9 Å². The average molecular weight is 317 g/mol. The lowest BCUT2D eigenvalue weighted by Crippen LogP contribution is -2.28. The zero-order valence-corrected chi connectivity index (χ0v) is 13.4. The molecule has 0 bridgehead atoms. The Bertz CT molecular complexity index is 772. The van der Waals surface area contributed by atoms with E-state index in [-0.39, 0.29) is 5.91 Å². The predicted molar refractivity (Wildman–Crippen MR) is 95.7 cm³/mol. The van der Waals surface area contributed by atoms with E-state index in [9.17, 15) is 9.90 Å². The van der Waals surface area contributed by atoms with Gasteiger partial charge in [-0.15, -0.1) is 0 Å². The number of hydrogen-bond acceptors (Lipinski definition) is 2. The number of aliphatic hydroxyl groups is 1. The predicted octanol–water partition coefficient (Wildman–Crippen LogP) is 3.93. The Kier molecular flexibility index (Phi) is 4.45. The summed E-state index contributed by atoms with van der Waals surface area (Å²) in [5, 5.41) is 14.4. The summed E-state index contributed by atoms with van der Waals surface area (Å²) in [4.78, 5) is 11.2. The topological polar surface area (TPSA) is 49.3 Å². The van der Waals surface area contributed by atoms with Crippen molar-refractivity contribution < 1.29 is 9.90 Å². The number of carbonyl (C=O) groups excluding carboxylic acids is 1. The third kappa shape index (κ3) is 3.07. The summed E-state index contributed by atoms with van der Waals surface area (Å²) in [6.45, 7) is 1.47. The number of nitrogens with one attached hydrogen (secondary N) is 1. The van der Waals surface area contributed by atoms with Crippen LogP contribution in [-0.4, -0.2) is 11.0 Å². The normalized spacial score (nSPS) is 11.1. The van der Waals surface area contributed by atoms with Crippen LogP contribution in [0.2, 0.25) is 0 Å². The lowest BCUT2D eigenvalue weighted by molar-refractivity contribution is -0.114. The van der Waals surface area contributed by atoms with Crippen LogP contribution in [0.3, 0.4) is 0 Å². The van der Waals surface area contributed by atoms with Gasteiger partial charge in [-0.2, -0.15) is 0 Å². The maximum atomic E-state index is 11.6. The first-order valence-electron chi connectivity index (χ1n) is 7.82. The molecule has 3 heteroatoms. The van der Waals surface area contributed by atoms with Crippen molar-refractivity contribution in [2.75, 3.05) is 5.32 Å². The third-order valence-electron chi connectivity index (χ3n) is 4.01. The molecule has 0 aliphatic carbocycles. The summed E-state index contributed by atoms with van der Waals surface area (Å²) in [6.07, 6.45) is 0. The van der Waals surface area contributed by atoms with E-state index < -0.39 is 5.60 Å². The van der Waals surface area contributed by atoms with E-state index in [4.69, 9.17) is 0 Å². The monoisotopic (exact) mass is 317 g/mol. The molecule has 0 aromatic heterocycles. The van der Waals surface area contributed by atoms with Crippen molar-refractivity contribution in [1.29, 1.82) is 0 Å². The molecule has 0 unspecified atom stereocenters. The van der Waals surface area contributed by atoms with Crippen LogP contribution < -0.4 is 5.32 Å². The number of anilines is 1. The maximum Gasteiger partial charge on any atom is 0.221 e. The van der Waals surface area contributed by atoms with Crippen molar-refractivity contribution in [3.63, 3.8) is 0 Å². The van der Waals surface area contributed by atoms with Crippen molar-refractivity contribution >= 4 is 11.6 Å². The molecule has 3 aromatic rings. The Balaban J connectivity index is 2.10. The number of hydrogen-bond donors (Lipinski definition) is 2. The van der Waals surface area contributed by atoms with Gasteiger partial charge >= 0.3 is 0 Å². The Morgan fingerprint density at radius 2 is 1.17 bits per heavy atom. The molecule has 0 fully saturated rings. The Hall–Kier alpha value is -2.91. The summed E-state index contributed by atoms with van der Waals surface area (Å²) in [6, 6.07) is 26.4. The van der Waals surface area contributed by atoms with E-state index in [2.05, 4.69) is 5.32 Å². The highest BCUT2D eigenvalue weighted by atomic mass is 16.3. The van der Waals surface area contributed by atoms with E-state index in [0.29, 0.717) is 5.69 Å². The standard InChI is InChI=1S/C21H19NO2/c1-16(23)22-20-14-12-19(13-15-20)21(24,17-8-4-2-5-9-17)18-10-6-3-7-11-18/h2-15,24H,1H3,(H,22,23). The molecule has 2 N–H and O–H groups in total. The second kappa shape index (κ2) is 6.69. The third-order valence-corrected chi connectivity index (χ3v) is 4.01. The lowest BCUT2D eigenvalue weighted by atomic mass is 9.80. The quantitative estimate of drug-likeness (QED) is 0.716. The second-order valence-electron chi connectivity index (χ2n) is 5.70. The minimum Gasteiger partial charge on any atom is -0.376 e. The maximum absolute atomic E-state index is 11.6. The summed E-state index contributed by atoms with van der Waals surface area (Å²) in [5.74, 6) is -0.121. The van der Waals surface area contributed by atoms with Crippen LogP contribution in [0.4, 0.5) is 5.69 Å². The molecule has 0 aliphatic rings. The number of rotatable bonds is 4. The van der Waals surface area contributed by atoms with Crippen LogP contribution in [0.5, 0.6) is 0 Å². The SMILES string of the molecule is CC(=O)Nc1ccc(C(O)(c2ccccc2)c2ccccc2)cc1. The fourth-order valence-corrected chi connectivity index (χ4v) is 2.86. The van der Waals surface area contributed by atoms with Gasteiger partial charge in [-0.05, 0) is 28.8 Å². The Morgan fingerprint density at radius 3 is 1.58 bits per heavy atom. The molecular weight excluding hydrogens is 298 g/mol. The molecule has 0 spiro atoms. The average Bonchev–Trinajstić information content (AvgIpc) is 2.63. The Morgan fingerprint density at radius 1 is 0.750 bits per heavy atom. The van der Waals surface area contributed by atoms with Crippen LogP contribution in [0, 0.1) is 0 Å². The first-order valence-corrected chi connectivity index (χ1v) is 7.82. The fourth-order valence-electron chi connectivity index (χ4n) is 2.86. The van der Waals surface area contributed by atoms with Crippen molar-refractivity contribution in [3.05, 3.63) is 102 Å². The van der Waals surface area contributed by atoms with Gasteiger partial charge in [0.25, 0.3) is 0 Å². The molecule has 0 radical (unpaired) electrons. The highest BCUT2D eigenvalue weighted by Gasteiger charge is 2.33. The molecule has 1 amide bonds. The minimum atomic E-state index is -1.25. The van der Waals surface area contributed by atoms with E-state index >= 15 is 0 Å². The van der Waals surface area contributed by atoms with Gasteiger partial charge in [0.2, 0.25) is 5.91 Å². The molecule has 0 atom stereocenters. The van der Waals surface area contributed by atoms with Crippen LogP contribution in [-0.2, 0) is 10.4 Å².